The Bertz CT molecular complexity index is 2660. The molecule has 1 fully saturated rings. The molecule has 66 heavy (non-hydrogen) atoms. The number of nitrogens with one attached hydrogen (secondary N) is 2. The number of nitrogens with two attached hydrogens (primary N) is 1. The van der Waals surface area contributed by atoms with Crippen LogP contribution in [0.15, 0.2) is 53.9 Å². The molecule has 2 aliphatic rings. The lowest BCUT2D eigenvalue weighted by Crippen LogP contribution is -2.45. The molecule has 18 nitrogen and oxygen atoms in total. The van der Waals surface area contributed by atoms with Gasteiger partial charge in [-0.1, -0.05) is 6.42 Å². The van der Waals surface area contributed by atoms with Crippen LogP contribution in [-0.2, 0) is 25.6 Å². The highest BCUT2D eigenvalue weighted by atomic mass is 32.1. The predicted octanol–water partition coefficient (Wildman–Crippen LogP) is 9.08. The molecule has 1 saturated heterocycles. The number of carbonyl (C=O) groups excluding carboxylic acids is 6. The molecular formula is C47H55N7O11S. The Balaban J connectivity index is 0.00000111. The fourth-order valence-electron chi connectivity index (χ4n) is 6.83. The van der Waals surface area contributed by atoms with Crippen molar-refractivity contribution in [1.29, 1.82) is 0 Å². The first kappa shape index (κ1) is 48.6. The van der Waals surface area contributed by atoms with Crippen molar-refractivity contribution >= 4 is 70.1 Å². The van der Waals surface area contributed by atoms with Crippen molar-refractivity contribution in [3.8, 4) is 27.3 Å². The SMILES string of the molecule is C1CCNCC1.COC(=O)c1nc(C(N)=O)ccc1-c1cc2c(cc1C(=O)Nc1ccc3nc(N(C(=O)OC(C)(C)C)C(=O)OC(C)(C)C)n(C(=O)OC(C)(C)C)c3c1)-c1sccc1CO2. The van der Waals surface area contributed by atoms with E-state index in [0.29, 0.717) is 16.2 Å². The first-order valence-electron chi connectivity index (χ1n) is 21.3. The van der Waals surface area contributed by atoms with E-state index in [2.05, 4.69) is 20.6 Å². The van der Waals surface area contributed by atoms with E-state index in [-0.39, 0.29) is 51.4 Å². The maximum Gasteiger partial charge on any atom is 0.427 e. The number of fused-ring (bicyclic) bond motifs is 4. The van der Waals surface area contributed by atoms with Crippen molar-refractivity contribution in [3.63, 3.8) is 0 Å². The lowest BCUT2D eigenvalue weighted by molar-refractivity contribution is 0.0422. The molecule has 5 aromatic rings. The molecule has 0 radical (unpaired) electrons. The molecule has 7 rings (SSSR count). The van der Waals surface area contributed by atoms with Crippen LogP contribution in [0, 0.1) is 0 Å². The van der Waals surface area contributed by atoms with Gasteiger partial charge in [0.2, 0.25) is 5.95 Å². The van der Waals surface area contributed by atoms with Crippen LogP contribution in [0.4, 0.5) is 26.0 Å². The topological polar surface area (TPSA) is 233 Å². The standard InChI is InChI=1S/C42H44N6O11S.C5H11N/c1-40(2,3)57-37(52)47-29-17-22(11-13-27(29)46-36(47)48(38(53)58-41(4,5)6)39(54)59-42(7,8)9)44-34(50)25-18-26-30(56-20-21-15-16-60-32(21)26)19-24(25)23-12-14-28(33(43)49)45-31(23)35(51)55-10;1-2-4-6-5-3-1/h11-19H,20H2,1-10H3,(H2,43,49)(H,44,50);6H,1-5H2. The van der Waals surface area contributed by atoms with Crippen molar-refractivity contribution in [3.05, 3.63) is 76.4 Å². The van der Waals surface area contributed by atoms with Crippen LogP contribution in [-0.4, -0.2) is 87.6 Å². The summed E-state index contributed by atoms with van der Waals surface area (Å²) in [6.07, 6.45) is 0.861. The second-order valence-corrected chi connectivity index (χ2v) is 19.3. The minimum Gasteiger partial charge on any atom is -0.488 e. The molecule has 2 aromatic carbocycles. The van der Waals surface area contributed by atoms with Crippen LogP contribution >= 0.6 is 11.3 Å². The van der Waals surface area contributed by atoms with Crippen LogP contribution in [0.25, 0.3) is 32.6 Å². The summed E-state index contributed by atoms with van der Waals surface area (Å²) < 4.78 is 28.8. The number of imidazole rings is 1. The molecule has 4 amide bonds. The Hall–Kier alpha value is -6.86. The van der Waals surface area contributed by atoms with Crippen molar-refractivity contribution in [1.82, 2.24) is 19.9 Å². The molecule has 4 N–H and O–H groups in total. The fraction of sp³-hybridized carbons (Fsp3) is 0.404. The van der Waals surface area contributed by atoms with Crippen molar-refractivity contribution in [2.75, 3.05) is 30.4 Å². The van der Waals surface area contributed by atoms with Crippen molar-refractivity contribution in [2.45, 2.75) is 105 Å². The highest BCUT2D eigenvalue weighted by Gasteiger charge is 2.39. The summed E-state index contributed by atoms with van der Waals surface area (Å²) >= 11 is 1.46. The molecule has 3 aromatic heterocycles. The molecule has 0 bridgehead atoms. The highest BCUT2D eigenvalue weighted by Crippen LogP contribution is 2.45. The second-order valence-electron chi connectivity index (χ2n) is 18.4. The number of thiophene rings is 1. The number of esters is 1. The average molecular weight is 926 g/mol. The largest absolute Gasteiger partial charge is 0.488 e. The summed E-state index contributed by atoms with van der Waals surface area (Å²) in [6, 6.07) is 12.3. The van der Waals surface area contributed by atoms with Gasteiger partial charge >= 0.3 is 24.2 Å². The summed E-state index contributed by atoms with van der Waals surface area (Å²) in [7, 11) is 1.15. The molecule has 0 spiro atoms. The van der Waals surface area contributed by atoms with Gasteiger partial charge in [-0.05, 0) is 142 Å². The lowest BCUT2D eigenvalue weighted by Gasteiger charge is -2.28. The Morgan fingerprint density at radius 2 is 1.44 bits per heavy atom. The number of hydrogen-bond donors (Lipinski definition) is 3. The number of methoxy groups -OCH3 is 1. The normalized spacial score (nSPS) is 13.4. The van der Waals surface area contributed by atoms with Gasteiger partial charge in [0.05, 0.1) is 18.1 Å². The van der Waals surface area contributed by atoms with E-state index < -0.39 is 58.8 Å². The van der Waals surface area contributed by atoms with E-state index in [4.69, 9.17) is 29.4 Å². The minimum absolute atomic E-state index is 0.0377. The highest BCUT2D eigenvalue weighted by molar-refractivity contribution is 7.13. The van der Waals surface area contributed by atoms with Gasteiger partial charge in [-0.25, -0.2) is 33.7 Å². The van der Waals surface area contributed by atoms with E-state index >= 15 is 0 Å². The molecule has 0 atom stereocenters. The number of imide groups is 1. The number of hydrogen-bond acceptors (Lipinski definition) is 15. The molecule has 5 heterocycles. The number of pyridine rings is 1. The van der Waals surface area contributed by atoms with Crippen LogP contribution in [0.1, 0.15) is 118 Å². The number of aromatic nitrogens is 3. The number of rotatable bonds is 6. The fourth-order valence-corrected chi connectivity index (χ4v) is 7.76. The van der Waals surface area contributed by atoms with Crippen LogP contribution < -0.4 is 26.0 Å². The van der Waals surface area contributed by atoms with Gasteiger partial charge in [0, 0.05) is 38.4 Å². The Labute approximate surface area is 386 Å². The maximum absolute atomic E-state index is 14.6. The molecule has 0 unspecified atom stereocenters. The zero-order valence-corrected chi connectivity index (χ0v) is 39.5. The zero-order chi connectivity index (χ0) is 48.3. The van der Waals surface area contributed by atoms with E-state index in [1.54, 1.807) is 74.4 Å². The number of primary amides is 1. The van der Waals surface area contributed by atoms with Crippen LogP contribution in [0.5, 0.6) is 5.75 Å². The number of nitrogens with zero attached hydrogens (tertiary/aromatic N) is 4. The minimum atomic E-state index is -1.17. The molecule has 0 aliphatic carbocycles. The molecule has 19 heteroatoms. The number of ether oxygens (including phenoxy) is 5. The summed E-state index contributed by atoms with van der Waals surface area (Å²) in [5, 5.41) is 8.05. The van der Waals surface area contributed by atoms with Gasteiger partial charge in [0.15, 0.2) is 5.69 Å². The first-order chi connectivity index (χ1) is 30.9. The zero-order valence-electron chi connectivity index (χ0n) is 38.7. The quantitative estimate of drug-likeness (QED) is 0.107. The van der Waals surface area contributed by atoms with Gasteiger partial charge in [0.1, 0.15) is 34.9 Å². The van der Waals surface area contributed by atoms with Gasteiger partial charge in [-0.15, -0.1) is 16.2 Å². The Morgan fingerprint density at radius 1 is 0.788 bits per heavy atom. The summed E-state index contributed by atoms with van der Waals surface area (Å²) in [4.78, 5) is 91.2. The van der Waals surface area contributed by atoms with Gasteiger partial charge < -0.3 is 40.1 Å². The van der Waals surface area contributed by atoms with E-state index in [1.807, 2.05) is 11.4 Å². The van der Waals surface area contributed by atoms with Gasteiger partial charge in [-0.2, -0.15) is 0 Å². The molecule has 0 saturated carbocycles. The number of amides is 4. The van der Waals surface area contributed by atoms with E-state index in [0.717, 1.165) is 22.1 Å². The summed E-state index contributed by atoms with van der Waals surface area (Å²) in [6.45, 7) is 17.3. The Morgan fingerprint density at radius 3 is 2.00 bits per heavy atom. The van der Waals surface area contributed by atoms with Crippen molar-refractivity contribution in [2.24, 2.45) is 5.73 Å². The van der Waals surface area contributed by atoms with E-state index in [9.17, 15) is 28.8 Å². The molecular weight excluding hydrogens is 871 g/mol. The number of piperidine rings is 1. The number of benzene rings is 2. The summed E-state index contributed by atoms with van der Waals surface area (Å²) in [5.74, 6) is -2.49. The number of carbonyl (C=O) groups is 6. The molecule has 2 aliphatic heterocycles. The maximum atomic E-state index is 14.6. The monoisotopic (exact) mass is 925 g/mol. The summed E-state index contributed by atoms with van der Waals surface area (Å²) in [5.41, 5.74) is 4.11. The van der Waals surface area contributed by atoms with Gasteiger partial charge in [0.25, 0.3) is 11.8 Å². The van der Waals surface area contributed by atoms with Crippen molar-refractivity contribution < 1.29 is 52.5 Å². The third-order valence-electron chi connectivity index (χ3n) is 9.59. The third-order valence-corrected chi connectivity index (χ3v) is 10.6. The smallest absolute Gasteiger partial charge is 0.427 e. The Kier molecular flexibility index (Phi) is 14.2. The third kappa shape index (κ3) is 11.5. The lowest BCUT2D eigenvalue weighted by atomic mass is 9.92. The first-order valence-corrected chi connectivity index (χ1v) is 22.1. The van der Waals surface area contributed by atoms with Crippen LogP contribution in [0.3, 0.4) is 0 Å². The average Bonchev–Trinajstić information content (AvgIpc) is 3.87. The predicted molar refractivity (Wildman–Crippen MR) is 248 cm³/mol. The van der Waals surface area contributed by atoms with Crippen LogP contribution in [0.2, 0.25) is 0 Å². The van der Waals surface area contributed by atoms with E-state index in [1.165, 1.54) is 74.0 Å². The molecule has 350 valence electrons. The number of anilines is 2. The van der Waals surface area contributed by atoms with Gasteiger partial charge in [-0.3, -0.25) is 9.59 Å². The second kappa shape index (κ2) is 19.3.